The van der Waals surface area contributed by atoms with E-state index in [2.05, 4.69) is 0 Å². The van der Waals surface area contributed by atoms with Crippen molar-refractivity contribution in [3.05, 3.63) is 35.4 Å². The molecule has 2 nitrogen and oxygen atoms in total. The molecule has 0 radical (unpaired) electrons. The van der Waals surface area contributed by atoms with Crippen molar-refractivity contribution >= 4 is 5.97 Å². The molecule has 1 aromatic rings. The Morgan fingerprint density at radius 2 is 1.33 bits per heavy atom. The fourth-order valence-corrected chi connectivity index (χ4v) is 1.03. The molecule has 0 amide bonds. The van der Waals surface area contributed by atoms with Crippen molar-refractivity contribution in [2.75, 3.05) is 0 Å². The minimum absolute atomic E-state index is 0.266. The Morgan fingerprint density at radius 1 is 0.944 bits per heavy atom. The molecule has 0 bridgehead atoms. The van der Waals surface area contributed by atoms with Crippen LogP contribution in [0.1, 0.15) is 64.4 Å². The van der Waals surface area contributed by atoms with Gasteiger partial charge in [-0.1, -0.05) is 45.4 Å². The third kappa shape index (κ3) is 8.80. The maximum Gasteiger partial charge on any atom is 0.338 e. The molecule has 0 unspecified atom stereocenters. The fourth-order valence-electron chi connectivity index (χ4n) is 1.03. The average molecular weight is 252 g/mol. The number of hydrogen-bond donors (Lipinski definition) is 0. The van der Waals surface area contributed by atoms with Crippen LogP contribution >= 0.6 is 0 Å². The molecule has 1 aromatic carbocycles. The van der Waals surface area contributed by atoms with Crippen molar-refractivity contribution in [2.24, 2.45) is 0 Å². The Balaban J connectivity index is 0. The van der Waals surface area contributed by atoms with E-state index in [9.17, 15) is 4.79 Å². The molecule has 0 heterocycles. The zero-order valence-electron chi connectivity index (χ0n) is 13.1. The number of carbonyl (C=O) groups is 1. The number of aryl methyl sites for hydroxylation is 1. The molecule has 0 aliphatic rings. The highest BCUT2D eigenvalue weighted by Crippen LogP contribution is 2.12. The predicted molar refractivity (Wildman–Crippen MR) is 79.0 cm³/mol. The number of carbonyl (C=O) groups excluding carboxylic acids is 1. The summed E-state index contributed by atoms with van der Waals surface area (Å²) in [6.45, 7) is 15.6. The van der Waals surface area contributed by atoms with Gasteiger partial charge in [-0.25, -0.2) is 4.79 Å². The summed E-state index contributed by atoms with van der Waals surface area (Å²) in [5, 5.41) is 0. The first-order valence-corrected chi connectivity index (χ1v) is 6.68. The number of benzene rings is 1. The zero-order chi connectivity index (χ0) is 14.8. The molecule has 0 spiro atoms. The van der Waals surface area contributed by atoms with Crippen LogP contribution < -0.4 is 0 Å². The van der Waals surface area contributed by atoms with Gasteiger partial charge in [-0.3, -0.25) is 0 Å². The molecule has 1 rings (SSSR count). The van der Waals surface area contributed by atoms with Gasteiger partial charge >= 0.3 is 5.97 Å². The summed E-state index contributed by atoms with van der Waals surface area (Å²) in [4.78, 5) is 11.5. The van der Waals surface area contributed by atoms with Gasteiger partial charge in [0, 0.05) is 0 Å². The van der Waals surface area contributed by atoms with Gasteiger partial charge in [0.25, 0.3) is 0 Å². The molecule has 0 fully saturated rings. The molecule has 0 N–H and O–H groups in total. The van der Waals surface area contributed by atoms with E-state index in [0.717, 1.165) is 5.56 Å². The lowest BCUT2D eigenvalue weighted by Crippen LogP contribution is -2.23. The van der Waals surface area contributed by atoms with Crippen LogP contribution in [0.15, 0.2) is 24.3 Å². The van der Waals surface area contributed by atoms with Crippen LogP contribution in [-0.4, -0.2) is 11.6 Å². The van der Waals surface area contributed by atoms with Crippen molar-refractivity contribution in [3.63, 3.8) is 0 Å². The van der Waals surface area contributed by atoms with Gasteiger partial charge in [0.05, 0.1) is 5.56 Å². The van der Waals surface area contributed by atoms with Crippen LogP contribution in [-0.2, 0) is 4.74 Å². The van der Waals surface area contributed by atoms with E-state index in [-0.39, 0.29) is 5.97 Å². The molecule has 104 valence electrons. The molecule has 0 atom stereocenters. The maximum atomic E-state index is 11.5. The molecule has 18 heavy (non-hydrogen) atoms. The molecular weight excluding hydrogens is 224 g/mol. The van der Waals surface area contributed by atoms with Crippen LogP contribution in [0.25, 0.3) is 0 Å². The number of esters is 1. The molecule has 0 aromatic heterocycles. The second-order valence-corrected chi connectivity index (χ2v) is 4.37. The summed E-state index contributed by atoms with van der Waals surface area (Å²) in [5.41, 5.74) is 1.31. The second kappa shape index (κ2) is 9.69. The van der Waals surface area contributed by atoms with Gasteiger partial charge in [-0.2, -0.15) is 0 Å². The fraction of sp³-hybridized carbons (Fsp3) is 0.562. The molecular formula is C16H28O2. The highest BCUT2D eigenvalue weighted by atomic mass is 16.6. The molecule has 0 saturated carbocycles. The summed E-state index contributed by atoms with van der Waals surface area (Å²) >= 11 is 0. The summed E-state index contributed by atoms with van der Waals surface area (Å²) in [6, 6.07) is 7.37. The lowest BCUT2D eigenvalue weighted by molar-refractivity contribution is 0.00695. The van der Waals surface area contributed by atoms with Crippen molar-refractivity contribution in [3.8, 4) is 0 Å². The number of hydrogen-bond acceptors (Lipinski definition) is 2. The minimum Gasteiger partial charge on any atom is -0.456 e. The van der Waals surface area contributed by atoms with Crippen LogP contribution in [0.4, 0.5) is 0 Å². The van der Waals surface area contributed by atoms with Crippen molar-refractivity contribution in [1.82, 2.24) is 0 Å². The van der Waals surface area contributed by atoms with Gasteiger partial charge in [-0.15, -0.1) is 0 Å². The maximum absolute atomic E-state index is 11.5. The number of ether oxygens (including phenoxy) is 1. The van der Waals surface area contributed by atoms with Crippen LogP contribution in [0.5, 0.6) is 0 Å². The van der Waals surface area contributed by atoms with E-state index in [4.69, 9.17) is 4.74 Å². The molecule has 0 saturated heterocycles. The zero-order valence-corrected chi connectivity index (χ0v) is 13.1. The summed E-state index contributed by atoms with van der Waals surface area (Å²) in [6.07, 6.45) is 0. The third-order valence-electron chi connectivity index (χ3n) is 1.69. The molecule has 0 aliphatic heterocycles. The lowest BCUT2D eigenvalue weighted by atomic mass is 10.1. The first-order chi connectivity index (χ1) is 8.38. The van der Waals surface area contributed by atoms with Crippen LogP contribution in [0.3, 0.4) is 0 Å². The quantitative estimate of drug-likeness (QED) is 0.657. The standard InChI is InChI=1S/C12H16O2.2C2H6/c1-9-5-7-10(8-6-9)11(13)14-12(2,3)4;2*1-2/h5-8H,1-4H3;2*1-2H3. The van der Waals surface area contributed by atoms with E-state index in [1.54, 1.807) is 12.1 Å². The Hall–Kier alpha value is -1.31. The Kier molecular flexibility index (Phi) is 10.3. The van der Waals surface area contributed by atoms with Gasteiger partial charge in [0.2, 0.25) is 0 Å². The van der Waals surface area contributed by atoms with Gasteiger partial charge in [-0.05, 0) is 39.8 Å². The normalized spacial score (nSPS) is 9.33. The lowest BCUT2D eigenvalue weighted by Gasteiger charge is -2.19. The van der Waals surface area contributed by atoms with Crippen LogP contribution in [0.2, 0.25) is 0 Å². The highest BCUT2D eigenvalue weighted by Gasteiger charge is 2.17. The second-order valence-electron chi connectivity index (χ2n) is 4.37. The molecule has 2 heteroatoms. The van der Waals surface area contributed by atoms with Gasteiger partial charge in [0.1, 0.15) is 5.60 Å². The van der Waals surface area contributed by atoms with E-state index < -0.39 is 5.60 Å². The SMILES string of the molecule is CC.CC.Cc1ccc(C(=O)OC(C)(C)C)cc1. The molecule has 0 aliphatic carbocycles. The third-order valence-corrected chi connectivity index (χ3v) is 1.69. The van der Waals surface area contributed by atoms with E-state index in [1.165, 1.54) is 0 Å². The van der Waals surface area contributed by atoms with Gasteiger partial charge in [0.15, 0.2) is 0 Å². The van der Waals surface area contributed by atoms with Crippen LogP contribution in [0, 0.1) is 6.92 Å². The predicted octanol–water partition coefficient (Wildman–Crippen LogP) is 5.00. The van der Waals surface area contributed by atoms with E-state index >= 15 is 0 Å². The largest absolute Gasteiger partial charge is 0.456 e. The van der Waals surface area contributed by atoms with E-state index in [0.29, 0.717) is 5.56 Å². The first-order valence-electron chi connectivity index (χ1n) is 6.68. The summed E-state index contributed by atoms with van der Waals surface area (Å²) in [7, 11) is 0. The minimum atomic E-state index is -0.429. The van der Waals surface area contributed by atoms with Gasteiger partial charge < -0.3 is 4.74 Å². The summed E-state index contributed by atoms with van der Waals surface area (Å²) < 4.78 is 5.22. The topological polar surface area (TPSA) is 26.3 Å². The summed E-state index contributed by atoms with van der Waals surface area (Å²) in [5.74, 6) is -0.266. The Bertz CT molecular complexity index is 318. The van der Waals surface area contributed by atoms with E-state index in [1.807, 2.05) is 67.5 Å². The Morgan fingerprint density at radius 3 is 1.67 bits per heavy atom. The smallest absolute Gasteiger partial charge is 0.338 e. The first kappa shape index (κ1) is 19.0. The number of rotatable bonds is 1. The van der Waals surface area contributed by atoms with Crippen molar-refractivity contribution < 1.29 is 9.53 Å². The van der Waals surface area contributed by atoms with Crippen molar-refractivity contribution in [2.45, 2.75) is 61.0 Å². The Labute approximate surface area is 112 Å². The monoisotopic (exact) mass is 252 g/mol. The average Bonchev–Trinajstić information content (AvgIpc) is 2.33. The highest BCUT2D eigenvalue weighted by molar-refractivity contribution is 5.89. The van der Waals surface area contributed by atoms with Crippen molar-refractivity contribution in [1.29, 1.82) is 0 Å².